The van der Waals surface area contributed by atoms with Gasteiger partial charge in [0.1, 0.15) is 0 Å². The molecule has 6 heavy (non-hydrogen) atoms. The van der Waals surface area contributed by atoms with E-state index < -0.39 is 0 Å². The summed E-state index contributed by atoms with van der Waals surface area (Å²) in [5.41, 5.74) is 0. The van der Waals surface area contributed by atoms with Crippen LogP contribution in [0.5, 0.6) is 0 Å². The van der Waals surface area contributed by atoms with Gasteiger partial charge in [0.2, 0.25) is 0 Å². The van der Waals surface area contributed by atoms with Gasteiger partial charge in [0.15, 0.2) is 0 Å². The lowest BCUT2D eigenvalue weighted by Gasteiger charge is -1.72. The van der Waals surface area contributed by atoms with Gasteiger partial charge in [-0.25, -0.2) is 0 Å². The van der Waals surface area contributed by atoms with Crippen molar-refractivity contribution in [2.24, 2.45) is 0 Å². The van der Waals surface area contributed by atoms with Gasteiger partial charge >= 0.3 is 0 Å². The van der Waals surface area contributed by atoms with E-state index in [0.717, 1.165) is 13.0 Å². The summed E-state index contributed by atoms with van der Waals surface area (Å²) in [6, 6.07) is 0. The van der Waals surface area contributed by atoms with Crippen LogP contribution in [-0.2, 0) is 4.74 Å². The molecule has 0 bridgehead atoms. The van der Waals surface area contributed by atoms with Crippen LogP contribution in [0.1, 0.15) is 6.42 Å². The lowest BCUT2D eigenvalue weighted by Crippen LogP contribution is -1.80. The zero-order valence-electron chi connectivity index (χ0n) is 3.39. The maximum absolute atomic E-state index is 4.85. The van der Waals surface area contributed by atoms with Crippen molar-refractivity contribution >= 4 is 17.6 Å². The van der Waals surface area contributed by atoms with E-state index in [1.165, 1.54) is 0 Å². The highest BCUT2D eigenvalue weighted by Crippen LogP contribution is 2.10. The highest BCUT2D eigenvalue weighted by atomic mass is 32.1. The zero-order valence-corrected chi connectivity index (χ0v) is 4.20. The van der Waals surface area contributed by atoms with Crippen molar-refractivity contribution < 1.29 is 4.74 Å². The summed E-state index contributed by atoms with van der Waals surface area (Å²) in [7, 11) is 0. The summed E-state index contributed by atoms with van der Waals surface area (Å²) in [5.74, 6) is 0. The summed E-state index contributed by atoms with van der Waals surface area (Å²) < 4.78 is 4.85. The lowest BCUT2D eigenvalue weighted by atomic mass is 10.4. The molecule has 0 aromatic carbocycles. The van der Waals surface area contributed by atoms with Crippen LogP contribution in [0, 0.1) is 0 Å². The predicted octanol–water partition coefficient (Wildman–Crippen LogP) is 0.775. The fraction of sp³-hybridized carbons (Fsp3) is 0.750. The second-order valence-electron chi connectivity index (χ2n) is 1.36. The Morgan fingerprint density at radius 2 is 2.67 bits per heavy atom. The van der Waals surface area contributed by atoms with E-state index >= 15 is 0 Å². The van der Waals surface area contributed by atoms with Gasteiger partial charge in [0.05, 0.1) is 12.7 Å². The predicted molar refractivity (Wildman–Crippen MR) is 28.0 cm³/mol. The fourth-order valence-electron chi connectivity index (χ4n) is 0.311. The summed E-state index contributed by atoms with van der Waals surface area (Å²) in [5, 5.41) is 1.72. The van der Waals surface area contributed by atoms with E-state index in [4.69, 9.17) is 4.74 Å². The number of rotatable bonds is 2. The third-order valence-electron chi connectivity index (χ3n) is 0.761. The standard InChI is InChI=1S/C4H6OS/c6-2-1-4-3-5-4/h2,4H,1,3H2. The van der Waals surface area contributed by atoms with Gasteiger partial charge in [0.25, 0.3) is 0 Å². The van der Waals surface area contributed by atoms with E-state index in [2.05, 4.69) is 12.2 Å². The molecule has 2 heteroatoms. The van der Waals surface area contributed by atoms with Gasteiger partial charge in [-0.1, -0.05) is 12.2 Å². The molecule has 0 amide bonds. The van der Waals surface area contributed by atoms with Gasteiger partial charge in [0, 0.05) is 6.42 Å². The molecule has 34 valence electrons. The SMILES string of the molecule is S=CCC1CO1. The molecular formula is C4H6OS. The molecule has 1 heterocycles. The smallest absolute Gasteiger partial charge is 0.0852 e. The van der Waals surface area contributed by atoms with E-state index in [0.29, 0.717) is 6.10 Å². The minimum atomic E-state index is 0.488. The first-order valence-electron chi connectivity index (χ1n) is 1.98. The number of thiocarbonyl (C=S) groups is 1. The maximum Gasteiger partial charge on any atom is 0.0852 e. The number of ether oxygens (including phenoxy) is 1. The van der Waals surface area contributed by atoms with Crippen molar-refractivity contribution in [3.05, 3.63) is 0 Å². The van der Waals surface area contributed by atoms with Crippen LogP contribution in [0.2, 0.25) is 0 Å². The molecule has 1 aliphatic heterocycles. The van der Waals surface area contributed by atoms with Gasteiger partial charge in [-0.2, -0.15) is 0 Å². The van der Waals surface area contributed by atoms with Gasteiger partial charge < -0.3 is 4.74 Å². The monoisotopic (exact) mass is 102 g/mol. The first kappa shape index (κ1) is 4.22. The first-order chi connectivity index (χ1) is 2.93. The maximum atomic E-state index is 4.85. The molecule has 1 rings (SSSR count). The quantitative estimate of drug-likeness (QED) is 0.377. The van der Waals surface area contributed by atoms with Crippen LogP contribution in [0.4, 0.5) is 0 Å². The van der Waals surface area contributed by atoms with Crippen molar-refractivity contribution in [2.45, 2.75) is 12.5 Å². The van der Waals surface area contributed by atoms with E-state index in [1.54, 1.807) is 5.37 Å². The average molecular weight is 102 g/mol. The van der Waals surface area contributed by atoms with E-state index in [9.17, 15) is 0 Å². The second-order valence-corrected chi connectivity index (χ2v) is 1.69. The van der Waals surface area contributed by atoms with Crippen molar-refractivity contribution in [1.29, 1.82) is 0 Å². The topological polar surface area (TPSA) is 12.5 Å². The highest BCUT2D eigenvalue weighted by molar-refractivity contribution is 7.78. The minimum absolute atomic E-state index is 0.488. The van der Waals surface area contributed by atoms with Crippen molar-refractivity contribution in [2.75, 3.05) is 6.61 Å². The largest absolute Gasteiger partial charge is 0.373 e. The Labute approximate surface area is 42.3 Å². The third-order valence-corrected chi connectivity index (χ3v) is 0.954. The van der Waals surface area contributed by atoms with Gasteiger partial charge in [-0.15, -0.1) is 0 Å². The number of hydrogen-bond donors (Lipinski definition) is 0. The molecule has 0 radical (unpaired) electrons. The molecule has 0 aliphatic carbocycles. The Morgan fingerprint density at radius 3 is 2.83 bits per heavy atom. The number of hydrogen-bond acceptors (Lipinski definition) is 2. The highest BCUT2D eigenvalue weighted by Gasteiger charge is 2.19. The Hall–Kier alpha value is 0.0500. The van der Waals surface area contributed by atoms with Gasteiger partial charge in [-0.3, -0.25) is 0 Å². The molecule has 1 fully saturated rings. The molecule has 0 N–H and O–H groups in total. The first-order valence-corrected chi connectivity index (χ1v) is 2.46. The molecule has 1 saturated heterocycles. The summed E-state index contributed by atoms with van der Waals surface area (Å²) >= 11 is 4.56. The molecule has 0 aromatic heterocycles. The lowest BCUT2D eigenvalue weighted by molar-refractivity contribution is 0.415. The molecule has 1 aliphatic rings. The average Bonchev–Trinajstić information content (AvgIpc) is 2.21. The Morgan fingerprint density at radius 1 is 2.00 bits per heavy atom. The van der Waals surface area contributed by atoms with Crippen molar-refractivity contribution in [3.63, 3.8) is 0 Å². The van der Waals surface area contributed by atoms with Crippen LogP contribution >= 0.6 is 12.2 Å². The molecule has 1 atom stereocenters. The molecular weight excluding hydrogens is 96.1 g/mol. The zero-order chi connectivity index (χ0) is 4.41. The second kappa shape index (κ2) is 1.67. The molecule has 0 aromatic rings. The Balaban J connectivity index is 2.00. The van der Waals surface area contributed by atoms with Crippen LogP contribution in [0.3, 0.4) is 0 Å². The van der Waals surface area contributed by atoms with Crippen LogP contribution < -0.4 is 0 Å². The molecule has 0 saturated carbocycles. The van der Waals surface area contributed by atoms with Crippen molar-refractivity contribution in [1.82, 2.24) is 0 Å². The van der Waals surface area contributed by atoms with Crippen LogP contribution in [0.25, 0.3) is 0 Å². The number of epoxide rings is 1. The van der Waals surface area contributed by atoms with Gasteiger partial charge in [-0.05, 0) is 5.37 Å². The molecule has 0 spiro atoms. The summed E-state index contributed by atoms with van der Waals surface area (Å²) in [6.45, 7) is 0.924. The molecule has 1 nitrogen and oxygen atoms in total. The van der Waals surface area contributed by atoms with Crippen LogP contribution in [0.15, 0.2) is 0 Å². The normalized spacial score (nSPS) is 29.7. The van der Waals surface area contributed by atoms with E-state index in [1.807, 2.05) is 0 Å². The Bertz CT molecular complexity index is 58.6. The Kier molecular flexibility index (Phi) is 1.17. The minimum Gasteiger partial charge on any atom is -0.373 e. The fourth-order valence-corrected chi connectivity index (χ4v) is 0.526. The summed E-state index contributed by atoms with van der Waals surface area (Å²) in [6.07, 6.45) is 1.44. The third kappa shape index (κ3) is 1.03. The molecule has 1 unspecified atom stereocenters. The van der Waals surface area contributed by atoms with Crippen LogP contribution in [-0.4, -0.2) is 18.1 Å². The van der Waals surface area contributed by atoms with Crippen molar-refractivity contribution in [3.8, 4) is 0 Å². The summed E-state index contributed by atoms with van der Waals surface area (Å²) in [4.78, 5) is 0. The van der Waals surface area contributed by atoms with E-state index in [-0.39, 0.29) is 0 Å².